The van der Waals surface area contributed by atoms with Gasteiger partial charge in [-0.05, 0) is 23.8 Å². The van der Waals surface area contributed by atoms with Gasteiger partial charge in [-0.1, -0.05) is 0 Å². The largest absolute Gasteiger partial charge is 0.269 e. The van der Waals surface area contributed by atoms with Gasteiger partial charge in [-0.25, -0.2) is 17.4 Å². The third-order valence-electron chi connectivity index (χ3n) is 2.31. The zero-order chi connectivity index (χ0) is 13.9. The second-order valence-corrected chi connectivity index (χ2v) is 5.31. The minimum atomic E-state index is -3.60. The lowest BCUT2D eigenvalue weighted by molar-refractivity contribution is -0.384. The molecular formula is C11H9N3O4S. The van der Waals surface area contributed by atoms with Gasteiger partial charge >= 0.3 is 0 Å². The Bertz CT molecular complexity index is 703. The van der Waals surface area contributed by atoms with Crippen LogP contribution in [0.15, 0.2) is 48.4 Å². The Hall–Kier alpha value is -2.48. The van der Waals surface area contributed by atoms with Gasteiger partial charge in [0.05, 0.1) is 10.3 Å². The topological polar surface area (TPSA) is 95.1 Å². The first kappa shape index (κ1) is 13.0. The Morgan fingerprint density at radius 3 is 2.47 bits per heavy atom. The van der Waals surface area contributed by atoms with E-state index in [0.717, 1.165) is 9.38 Å². The lowest BCUT2D eigenvalue weighted by Gasteiger charge is -1.98. The lowest BCUT2D eigenvalue weighted by Crippen LogP contribution is -2.05. The molecule has 0 spiro atoms. The van der Waals surface area contributed by atoms with Gasteiger partial charge in [-0.2, -0.15) is 0 Å². The molecule has 0 saturated heterocycles. The van der Waals surface area contributed by atoms with Gasteiger partial charge < -0.3 is 0 Å². The SMILES string of the molecule is O=[N+]([O-])c1ccc(/C=C/S(=O)(=O)n2ccnc2)cc1. The molecule has 2 aromatic rings. The van der Waals surface area contributed by atoms with E-state index < -0.39 is 14.9 Å². The zero-order valence-electron chi connectivity index (χ0n) is 9.58. The Morgan fingerprint density at radius 1 is 1.26 bits per heavy atom. The van der Waals surface area contributed by atoms with Crippen molar-refractivity contribution < 1.29 is 13.3 Å². The molecule has 0 unspecified atom stereocenters. The molecule has 0 saturated carbocycles. The molecule has 98 valence electrons. The molecule has 8 heteroatoms. The fraction of sp³-hybridized carbons (Fsp3) is 0. The Morgan fingerprint density at radius 2 is 1.95 bits per heavy atom. The number of aromatic nitrogens is 2. The average Bonchev–Trinajstić information content (AvgIpc) is 2.91. The minimum Gasteiger partial charge on any atom is -0.258 e. The number of benzene rings is 1. The highest BCUT2D eigenvalue weighted by Crippen LogP contribution is 2.13. The van der Waals surface area contributed by atoms with E-state index in [1.165, 1.54) is 49.1 Å². The summed E-state index contributed by atoms with van der Waals surface area (Å²) in [5.41, 5.74) is 0.504. The third kappa shape index (κ3) is 3.05. The van der Waals surface area contributed by atoms with Crippen molar-refractivity contribution in [3.8, 4) is 0 Å². The summed E-state index contributed by atoms with van der Waals surface area (Å²) in [6.07, 6.45) is 5.21. The molecule has 2 rings (SSSR count). The first-order valence-corrected chi connectivity index (χ1v) is 6.65. The molecule has 0 radical (unpaired) electrons. The number of hydrogen-bond donors (Lipinski definition) is 0. The van der Waals surface area contributed by atoms with E-state index >= 15 is 0 Å². The van der Waals surface area contributed by atoms with Gasteiger partial charge in [0.1, 0.15) is 6.33 Å². The Labute approximate surface area is 109 Å². The third-order valence-corrected chi connectivity index (χ3v) is 3.59. The molecule has 1 aromatic carbocycles. The highest BCUT2D eigenvalue weighted by Gasteiger charge is 2.07. The maximum atomic E-state index is 11.8. The molecule has 0 fully saturated rings. The smallest absolute Gasteiger partial charge is 0.258 e. The molecule has 1 heterocycles. The average molecular weight is 279 g/mol. The monoisotopic (exact) mass is 279 g/mol. The van der Waals surface area contributed by atoms with Crippen LogP contribution in [0, 0.1) is 10.1 Å². The van der Waals surface area contributed by atoms with E-state index in [1.807, 2.05) is 0 Å². The zero-order valence-corrected chi connectivity index (χ0v) is 10.4. The van der Waals surface area contributed by atoms with Crippen molar-refractivity contribution in [2.24, 2.45) is 0 Å². The van der Waals surface area contributed by atoms with Crippen molar-refractivity contribution in [3.63, 3.8) is 0 Å². The molecule has 0 amide bonds. The molecule has 0 aliphatic carbocycles. The van der Waals surface area contributed by atoms with Gasteiger partial charge in [0.15, 0.2) is 0 Å². The highest BCUT2D eigenvalue weighted by atomic mass is 32.2. The molecular weight excluding hydrogens is 270 g/mol. The van der Waals surface area contributed by atoms with Crippen LogP contribution in [-0.4, -0.2) is 22.3 Å². The van der Waals surface area contributed by atoms with Gasteiger partial charge in [0.25, 0.3) is 15.7 Å². The lowest BCUT2D eigenvalue weighted by atomic mass is 10.2. The van der Waals surface area contributed by atoms with Crippen molar-refractivity contribution in [3.05, 3.63) is 64.1 Å². The van der Waals surface area contributed by atoms with E-state index in [1.54, 1.807) is 0 Å². The number of rotatable bonds is 4. The van der Waals surface area contributed by atoms with Crippen LogP contribution in [0.1, 0.15) is 5.56 Å². The second-order valence-electron chi connectivity index (χ2n) is 3.59. The van der Waals surface area contributed by atoms with Gasteiger partial charge in [-0.3, -0.25) is 10.1 Å². The number of imidazole rings is 1. The summed E-state index contributed by atoms with van der Waals surface area (Å²) in [6, 6.07) is 5.56. The maximum Gasteiger partial charge on any atom is 0.269 e. The molecule has 0 aliphatic rings. The van der Waals surface area contributed by atoms with E-state index in [4.69, 9.17) is 0 Å². The van der Waals surface area contributed by atoms with Crippen LogP contribution in [0.5, 0.6) is 0 Å². The van der Waals surface area contributed by atoms with Crippen LogP contribution in [0.2, 0.25) is 0 Å². The fourth-order valence-corrected chi connectivity index (χ4v) is 2.22. The molecule has 0 atom stereocenters. The predicted octanol–water partition coefficient (Wildman–Crippen LogP) is 1.64. The Kier molecular flexibility index (Phi) is 3.43. The summed E-state index contributed by atoms with van der Waals surface area (Å²) in [7, 11) is -3.60. The van der Waals surface area contributed by atoms with Crippen LogP contribution in [-0.2, 0) is 10.0 Å². The van der Waals surface area contributed by atoms with Gasteiger partial charge in [0.2, 0.25) is 0 Å². The summed E-state index contributed by atoms with van der Waals surface area (Å²) in [4.78, 5) is 13.6. The molecule has 7 nitrogen and oxygen atoms in total. The Balaban J connectivity index is 2.21. The van der Waals surface area contributed by atoms with Crippen molar-refractivity contribution in [2.75, 3.05) is 0 Å². The van der Waals surface area contributed by atoms with Crippen LogP contribution in [0.25, 0.3) is 6.08 Å². The van der Waals surface area contributed by atoms with E-state index in [0.29, 0.717) is 5.56 Å². The highest BCUT2D eigenvalue weighted by molar-refractivity contribution is 7.92. The number of nitro groups is 1. The van der Waals surface area contributed by atoms with Crippen molar-refractivity contribution >= 4 is 21.8 Å². The van der Waals surface area contributed by atoms with E-state index in [2.05, 4.69) is 4.98 Å². The number of nitrogens with zero attached hydrogens (tertiary/aromatic N) is 3. The fourth-order valence-electron chi connectivity index (χ4n) is 1.34. The van der Waals surface area contributed by atoms with Gasteiger partial charge in [0, 0.05) is 24.5 Å². The van der Waals surface area contributed by atoms with E-state index in [-0.39, 0.29) is 5.69 Å². The summed E-state index contributed by atoms with van der Waals surface area (Å²) >= 11 is 0. The summed E-state index contributed by atoms with van der Waals surface area (Å²) in [5, 5.41) is 11.5. The summed E-state index contributed by atoms with van der Waals surface area (Å²) in [5.74, 6) is 0. The molecule has 0 N–H and O–H groups in total. The van der Waals surface area contributed by atoms with Crippen LogP contribution < -0.4 is 0 Å². The second kappa shape index (κ2) is 5.02. The van der Waals surface area contributed by atoms with Gasteiger partial charge in [-0.15, -0.1) is 0 Å². The summed E-state index contributed by atoms with van der Waals surface area (Å²) in [6.45, 7) is 0. The molecule has 0 bridgehead atoms. The first-order valence-electron chi connectivity index (χ1n) is 5.15. The number of nitro benzene ring substituents is 1. The van der Waals surface area contributed by atoms with Crippen molar-refractivity contribution in [2.45, 2.75) is 0 Å². The normalized spacial score (nSPS) is 11.8. The molecule has 0 aliphatic heterocycles. The minimum absolute atomic E-state index is 0.0467. The number of non-ortho nitro benzene ring substituents is 1. The maximum absolute atomic E-state index is 11.8. The van der Waals surface area contributed by atoms with Crippen molar-refractivity contribution in [1.82, 2.24) is 8.96 Å². The first-order chi connectivity index (χ1) is 8.99. The van der Waals surface area contributed by atoms with Crippen molar-refractivity contribution in [1.29, 1.82) is 0 Å². The summed E-state index contributed by atoms with van der Waals surface area (Å²) < 4.78 is 24.5. The predicted molar refractivity (Wildman–Crippen MR) is 68.7 cm³/mol. The quantitative estimate of drug-likeness (QED) is 0.626. The van der Waals surface area contributed by atoms with Crippen LogP contribution in [0.4, 0.5) is 5.69 Å². The molecule has 1 aromatic heterocycles. The number of hydrogen-bond acceptors (Lipinski definition) is 5. The van der Waals surface area contributed by atoms with E-state index in [9.17, 15) is 18.5 Å². The van der Waals surface area contributed by atoms with Crippen LogP contribution >= 0.6 is 0 Å². The van der Waals surface area contributed by atoms with Crippen LogP contribution in [0.3, 0.4) is 0 Å². The molecule has 19 heavy (non-hydrogen) atoms. The standard InChI is InChI=1S/C11H9N3O4S/c15-14(16)11-3-1-10(2-4-11)5-8-19(17,18)13-7-6-12-9-13/h1-9H/b8-5+.